The van der Waals surface area contributed by atoms with Crippen LogP contribution in [0.25, 0.3) is 16.9 Å². The Kier molecular flexibility index (Phi) is 5.04. The van der Waals surface area contributed by atoms with Crippen molar-refractivity contribution in [2.45, 2.75) is 20.4 Å². The summed E-state index contributed by atoms with van der Waals surface area (Å²) in [6.45, 7) is 3.49. The fourth-order valence-electron chi connectivity index (χ4n) is 3.89. The number of benzene rings is 1. The van der Waals surface area contributed by atoms with E-state index in [0.717, 1.165) is 10.3 Å². The minimum absolute atomic E-state index is 0.0921. The molecule has 0 fully saturated rings. The molecule has 4 rings (SSSR count). The number of hydrogen-bond donors (Lipinski definition) is 0. The van der Waals surface area contributed by atoms with Gasteiger partial charge in [-0.15, -0.1) is 0 Å². The lowest BCUT2D eigenvalue weighted by Gasteiger charge is -2.11. The number of aromatic nitrogens is 5. The third kappa shape index (κ3) is 3.27. The molecule has 0 amide bonds. The van der Waals surface area contributed by atoms with Crippen LogP contribution < -0.4 is 11.2 Å². The van der Waals surface area contributed by atoms with E-state index < -0.39 is 11.2 Å². The number of rotatable bonds is 4. The highest BCUT2D eigenvalue weighted by Gasteiger charge is 2.22. The smallest absolute Gasteiger partial charge is 0.318 e. The van der Waals surface area contributed by atoms with Crippen molar-refractivity contribution in [3.05, 3.63) is 78.7 Å². The Hall–Kier alpha value is -3.27. The van der Waals surface area contributed by atoms with Crippen LogP contribution in [0.1, 0.15) is 21.7 Å². The monoisotopic (exact) mass is 487 g/mol. The predicted octanol–water partition coefficient (Wildman–Crippen LogP) is 2.63. The normalized spacial score (nSPS) is 11.4. The molecule has 1 aromatic carbocycles. The van der Waals surface area contributed by atoms with E-state index in [-0.39, 0.29) is 34.0 Å². The van der Waals surface area contributed by atoms with Gasteiger partial charge in [0, 0.05) is 36.7 Å². The molecule has 0 aliphatic rings. The van der Waals surface area contributed by atoms with Crippen LogP contribution in [0.2, 0.25) is 0 Å². The largest absolute Gasteiger partial charge is 0.332 e. The van der Waals surface area contributed by atoms with Crippen LogP contribution in [0.3, 0.4) is 0 Å². The first kappa shape index (κ1) is 21.0. The summed E-state index contributed by atoms with van der Waals surface area (Å²) in [4.78, 5) is 42.2. The van der Waals surface area contributed by atoms with Gasteiger partial charge < -0.3 is 4.57 Å². The quantitative estimate of drug-likeness (QED) is 0.327. The summed E-state index contributed by atoms with van der Waals surface area (Å²) >= 11 is 3.30. The van der Waals surface area contributed by atoms with E-state index in [1.807, 2.05) is 11.5 Å². The third-order valence-electron chi connectivity index (χ3n) is 5.39. The summed E-state index contributed by atoms with van der Waals surface area (Å²) in [7, 11) is 2.90. The summed E-state index contributed by atoms with van der Waals surface area (Å²) in [5.41, 5.74) is 1.83. The molecule has 10 heteroatoms. The zero-order valence-electron chi connectivity index (χ0n) is 17.3. The van der Waals surface area contributed by atoms with Crippen molar-refractivity contribution in [2.75, 3.05) is 0 Å². The van der Waals surface area contributed by atoms with E-state index in [1.165, 1.54) is 35.4 Å². The Morgan fingerprint density at radius 1 is 1.13 bits per heavy atom. The molecule has 0 unspecified atom stereocenters. The maximum Gasteiger partial charge on any atom is 0.332 e. The molecule has 0 aliphatic carbocycles. The topological polar surface area (TPSA) is 83.8 Å². The first-order valence-corrected chi connectivity index (χ1v) is 10.2. The van der Waals surface area contributed by atoms with E-state index in [1.54, 1.807) is 25.1 Å². The Labute approximate surface area is 184 Å². The first-order valence-electron chi connectivity index (χ1n) is 9.41. The van der Waals surface area contributed by atoms with Gasteiger partial charge in [0.15, 0.2) is 21.7 Å². The lowest BCUT2D eigenvalue weighted by atomic mass is 10.1. The van der Waals surface area contributed by atoms with Crippen LogP contribution >= 0.6 is 15.9 Å². The molecule has 0 saturated heterocycles. The molecule has 0 radical (unpaired) electrons. The highest BCUT2D eigenvalue weighted by Crippen LogP contribution is 2.24. The lowest BCUT2D eigenvalue weighted by molar-refractivity contribution is 0.0971. The van der Waals surface area contributed by atoms with Crippen LogP contribution in [0.15, 0.2) is 44.7 Å². The zero-order chi connectivity index (χ0) is 22.6. The van der Waals surface area contributed by atoms with Crippen molar-refractivity contribution in [1.82, 2.24) is 23.3 Å². The van der Waals surface area contributed by atoms with Crippen LogP contribution in [0.4, 0.5) is 4.39 Å². The van der Waals surface area contributed by atoms with Crippen LogP contribution in [-0.4, -0.2) is 29.0 Å². The molecule has 3 aromatic heterocycles. The van der Waals surface area contributed by atoms with Gasteiger partial charge in [0.1, 0.15) is 5.82 Å². The molecule has 0 atom stereocenters. The summed E-state index contributed by atoms with van der Waals surface area (Å²) in [5, 5.41) is 0. The number of halogens is 2. The van der Waals surface area contributed by atoms with E-state index in [9.17, 15) is 18.8 Å². The van der Waals surface area contributed by atoms with Crippen molar-refractivity contribution in [3.8, 4) is 5.69 Å². The van der Waals surface area contributed by atoms with Gasteiger partial charge in [-0.25, -0.2) is 14.2 Å². The number of carbonyl (C=O) groups is 1. The second-order valence-electron chi connectivity index (χ2n) is 7.37. The molecule has 4 aromatic rings. The van der Waals surface area contributed by atoms with Crippen molar-refractivity contribution in [2.24, 2.45) is 14.1 Å². The highest BCUT2D eigenvalue weighted by atomic mass is 79.9. The van der Waals surface area contributed by atoms with E-state index in [0.29, 0.717) is 16.9 Å². The number of carbonyl (C=O) groups excluding carboxylic acids is 1. The number of ketones is 1. The minimum atomic E-state index is -0.533. The summed E-state index contributed by atoms with van der Waals surface area (Å²) in [6, 6.07) is 7.89. The fraction of sp³-hybridized carbons (Fsp3) is 0.238. The Balaban J connectivity index is 1.81. The Morgan fingerprint density at radius 2 is 1.84 bits per heavy atom. The van der Waals surface area contributed by atoms with Gasteiger partial charge in [-0.1, -0.05) is 6.07 Å². The van der Waals surface area contributed by atoms with Gasteiger partial charge in [-0.05, 0) is 54.0 Å². The molecule has 0 saturated carbocycles. The molecule has 31 heavy (non-hydrogen) atoms. The zero-order valence-corrected chi connectivity index (χ0v) is 18.9. The highest BCUT2D eigenvalue weighted by molar-refractivity contribution is 9.10. The number of Topliss-reactive ketones (excluding diaryl/α,β-unsaturated/α-hetero) is 1. The summed E-state index contributed by atoms with van der Waals surface area (Å²) in [6.07, 6.45) is 0. The van der Waals surface area contributed by atoms with Gasteiger partial charge in [0.2, 0.25) is 0 Å². The maximum absolute atomic E-state index is 13.7. The summed E-state index contributed by atoms with van der Waals surface area (Å²) in [5.74, 6) is -0.599. The SMILES string of the molecule is Cc1cc(C(=O)Cn2c(Br)nc3c(=O)n(C)c(=O)n(C)c32)c(C)n1-c1cccc(F)c1. The molecule has 8 nitrogen and oxygen atoms in total. The third-order valence-corrected chi connectivity index (χ3v) is 6.00. The molecule has 0 N–H and O–H groups in total. The van der Waals surface area contributed by atoms with Gasteiger partial charge in [-0.2, -0.15) is 0 Å². The van der Waals surface area contributed by atoms with Crippen LogP contribution in [-0.2, 0) is 20.6 Å². The Bertz CT molecular complexity index is 1490. The predicted molar refractivity (Wildman–Crippen MR) is 117 cm³/mol. The summed E-state index contributed by atoms with van der Waals surface area (Å²) < 4.78 is 19.5. The second kappa shape index (κ2) is 7.45. The van der Waals surface area contributed by atoms with Crippen molar-refractivity contribution >= 4 is 32.9 Å². The van der Waals surface area contributed by atoms with Gasteiger partial charge in [0.25, 0.3) is 5.56 Å². The van der Waals surface area contributed by atoms with E-state index in [2.05, 4.69) is 20.9 Å². The molecular weight excluding hydrogens is 469 g/mol. The van der Waals surface area contributed by atoms with Gasteiger partial charge in [-0.3, -0.25) is 23.3 Å². The van der Waals surface area contributed by atoms with Gasteiger partial charge in [0.05, 0.1) is 6.54 Å². The van der Waals surface area contributed by atoms with Crippen molar-refractivity contribution < 1.29 is 9.18 Å². The van der Waals surface area contributed by atoms with Gasteiger partial charge >= 0.3 is 5.69 Å². The first-order chi connectivity index (χ1) is 14.6. The van der Waals surface area contributed by atoms with E-state index in [4.69, 9.17) is 0 Å². The van der Waals surface area contributed by atoms with Crippen molar-refractivity contribution in [1.29, 1.82) is 0 Å². The number of imidazole rings is 1. The number of fused-ring (bicyclic) bond motifs is 1. The average molecular weight is 488 g/mol. The average Bonchev–Trinajstić information content (AvgIpc) is 3.21. The standard InChI is InChI=1S/C21H19BrFN5O3/c1-11-8-15(12(2)28(11)14-7-5-6-13(23)9-14)16(29)10-27-18-17(24-20(27)22)19(30)26(4)21(31)25(18)3/h5-9H,10H2,1-4H3. The van der Waals surface area contributed by atoms with Crippen molar-refractivity contribution in [3.63, 3.8) is 0 Å². The molecule has 3 heterocycles. The number of aryl methyl sites for hydroxylation is 2. The molecule has 160 valence electrons. The molecule has 0 spiro atoms. The van der Waals surface area contributed by atoms with Crippen LogP contribution in [0.5, 0.6) is 0 Å². The Morgan fingerprint density at radius 3 is 2.52 bits per heavy atom. The maximum atomic E-state index is 13.7. The number of hydrogen-bond acceptors (Lipinski definition) is 4. The van der Waals surface area contributed by atoms with Crippen LogP contribution in [0, 0.1) is 19.7 Å². The molecule has 0 bridgehead atoms. The van der Waals surface area contributed by atoms with E-state index >= 15 is 0 Å². The second-order valence-corrected chi connectivity index (χ2v) is 8.08. The molecular formula is C21H19BrFN5O3. The number of nitrogens with zero attached hydrogens (tertiary/aromatic N) is 5. The minimum Gasteiger partial charge on any atom is -0.318 e. The lowest BCUT2D eigenvalue weighted by Crippen LogP contribution is -2.37. The fourth-order valence-corrected chi connectivity index (χ4v) is 4.36. The molecule has 0 aliphatic heterocycles.